The Kier molecular flexibility index (Phi) is 36.7. The third kappa shape index (κ3) is 41.3. The Morgan fingerprint density at radius 2 is 0.982 bits per heavy atom. The van der Waals surface area contributed by atoms with Gasteiger partial charge in [-0.05, 0) is 77.0 Å². The number of phosphoric ester groups is 1. The number of hydrogen-bond acceptors (Lipinski definition) is 8. The summed E-state index contributed by atoms with van der Waals surface area (Å²) in [7, 11) is 1.12. The van der Waals surface area contributed by atoms with E-state index in [0.29, 0.717) is 23.9 Å². The van der Waals surface area contributed by atoms with Crippen LogP contribution in [0.5, 0.6) is 0 Å². The van der Waals surface area contributed by atoms with Crippen LogP contribution in [0.25, 0.3) is 0 Å². The van der Waals surface area contributed by atoms with Gasteiger partial charge in [-0.2, -0.15) is 0 Å². The number of carbonyl (C=O) groups is 2. The number of unbranched alkanes of at least 4 members (excludes halogenated alkanes) is 15. The van der Waals surface area contributed by atoms with Crippen LogP contribution in [0, 0.1) is 0 Å². The summed E-state index contributed by atoms with van der Waals surface area (Å²) in [5.41, 5.74) is 0. The van der Waals surface area contributed by atoms with Crippen LogP contribution in [0.1, 0.15) is 168 Å². The predicted molar refractivity (Wildman–Crippen MR) is 231 cm³/mol. The molecule has 0 aliphatic carbocycles. The normalized spacial score (nSPS) is 14.2. The van der Waals surface area contributed by atoms with Crippen LogP contribution in [-0.2, 0) is 32.7 Å². The lowest BCUT2D eigenvalue weighted by molar-refractivity contribution is -0.870. The molecule has 0 aliphatic heterocycles. The number of ether oxygens (including phenoxy) is 2. The quantitative estimate of drug-likeness (QED) is 0.0198. The largest absolute Gasteiger partial charge is 0.756 e. The molecule has 10 heteroatoms. The smallest absolute Gasteiger partial charge is 0.306 e. The van der Waals surface area contributed by atoms with Gasteiger partial charge in [-0.25, -0.2) is 0 Å². The first-order valence-electron chi connectivity index (χ1n) is 22.0. The predicted octanol–water partition coefficient (Wildman–Crippen LogP) is 11.8. The van der Waals surface area contributed by atoms with E-state index in [2.05, 4.69) is 74.6 Å². The van der Waals surface area contributed by atoms with Crippen LogP contribution in [0.3, 0.4) is 0 Å². The lowest BCUT2D eigenvalue weighted by Gasteiger charge is -2.28. The number of phosphoric acid groups is 1. The molecule has 0 aromatic rings. The molecule has 0 aromatic heterocycles. The van der Waals surface area contributed by atoms with E-state index < -0.39 is 32.5 Å². The Morgan fingerprint density at radius 3 is 1.52 bits per heavy atom. The van der Waals surface area contributed by atoms with Gasteiger partial charge < -0.3 is 27.9 Å². The zero-order chi connectivity index (χ0) is 41.4. The first kappa shape index (κ1) is 53.7. The second-order valence-corrected chi connectivity index (χ2v) is 17.1. The molecule has 0 aliphatic rings. The topological polar surface area (TPSA) is 111 Å². The number of rotatable bonds is 39. The summed E-state index contributed by atoms with van der Waals surface area (Å²) in [6.07, 6.45) is 45.4. The van der Waals surface area contributed by atoms with E-state index in [4.69, 9.17) is 18.5 Å². The number of quaternary nitrogens is 1. The van der Waals surface area contributed by atoms with Crippen LogP contribution in [0.15, 0.2) is 60.8 Å². The minimum absolute atomic E-state index is 0.0437. The van der Waals surface area contributed by atoms with Crippen molar-refractivity contribution >= 4 is 19.8 Å². The van der Waals surface area contributed by atoms with Gasteiger partial charge in [-0.3, -0.25) is 14.2 Å². The maximum Gasteiger partial charge on any atom is 0.306 e. The fraction of sp³-hybridized carbons (Fsp3) is 0.739. The van der Waals surface area contributed by atoms with Crippen molar-refractivity contribution in [3.63, 3.8) is 0 Å². The summed E-state index contributed by atoms with van der Waals surface area (Å²) in [4.78, 5) is 37.5. The minimum atomic E-state index is -4.64. The molecule has 0 bridgehead atoms. The van der Waals surface area contributed by atoms with Crippen LogP contribution >= 0.6 is 7.82 Å². The van der Waals surface area contributed by atoms with Crippen LogP contribution < -0.4 is 4.89 Å². The summed E-state index contributed by atoms with van der Waals surface area (Å²) < 4.78 is 33.8. The average Bonchev–Trinajstić information content (AvgIpc) is 3.15. The van der Waals surface area contributed by atoms with E-state index in [1.807, 2.05) is 21.1 Å². The third-order valence-corrected chi connectivity index (χ3v) is 9.97. The molecular weight excluding hydrogens is 725 g/mol. The van der Waals surface area contributed by atoms with Crippen LogP contribution in [0.2, 0.25) is 0 Å². The molecule has 324 valence electrons. The zero-order valence-electron chi connectivity index (χ0n) is 36.3. The SMILES string of the molecule is CCCCC/C=C\C/C=C\CCCCCCCC(=O)O[C@H](COC(=O)CCC/C=C\C/C=C\C/C=C\CCCCCCCC)COP(=O)([O-])OCC[N+](C)(C)C. The van der Waals surface area contributed by atoms with Gasteiger partial charge in [0.25, 0.3) is 7.82 Å². The highest BCUT2D eigenvalue weighted by Gasteiger charge is 2.21. The Balaban J connectivity index is 4.48. The summed E-state index contributed by atoms with van der Waals surface area (Å²) in [5, 5.41) is 0. The van der Waals surface area contributed by atoms with Crippen molar-refractivity contribution in [1.82, 2.24) is 0 Å². The van der Waals surface area contributed by atoms with Crippen molar-refractivity contribution in [1.29, 1.82) is 0 Å². The molecule has 0 saturated carbocycles. The van der Waals surface area contributed by atoms with E-state index in [9.17, 15) is 19.0 Å². The fourth-order valence-electron chi connectivity index (χ4n) is 5.52. The first-order chi connectivity index (χ1) is 27.0. The second-order valence-electron chi connectivity index (χ2n) is 15.7. The Morgan fingerprint density at radius 1 is 0.554 bits per heavy atom. The highest BCUT2D eigenvalue weighted by atomic mass is 31.2. The molecule has 9 nitrogen and oxygen atoms in total. The maximum atomic E-state index is 12.7. The number of likely N-dealkylation sites (N-methyl/N-ethyl adjacent to an activating group) is 1. The van der Waals surface area contributed by atoms with Crippen molar-refractivity contribution in [3.8, 4) is 0 Å². The Bertz CT molecular complexity index is 1140. The summed E-state index contributed by atoms with van der Waals surface area (Å²) >= 11 is 0. The molecule has 0 saturated heterocycles. The van der Waals surface area contributed by atoms with Gasteiger partial charge in [0.1, 0.15) is 19.8 Å². The lowest BCUT2D eigenvalue weighted by Crippen LogP contribution is -2.37. The monoisotopic (exact) mass is 808 g/mol. The van der Waals surface area contributed by atoms with E-state index in [-0.39, 0.29) is 26.1 Å². The van der Waals surface area contributed by atoms with E-state index >= 15 is 0 Å². The van der Waals surface area contributed by atoms with Crippen LogP contribution in [0.4, 0.5) is 0 Å². The third-order valence-electron chi connectivity index (χ3n) is 9.01. The molecule has 0 heterocycles. The van der Waals surface area contributed by atoms with Crippen molar-refractivity contribution in [2.45, 2.75) is 174 Å². The number of nitrogens with zero attached hydrogens (tertiary/aromatic N) is 1. The van der Waals surface area contributed by atoms with Crippen molar-refractivity contribution in [2.75, 3.05) is 47.5 Å². The Hall–Kier alpha value is -2.29. The molecule has 0 aromatic carbocycles. The molecular formula is C46H82NO8P. The van der Waals surface area contributed by atoms with Crippen LogP contribution in [-0.4, -0.2) is 70.0 Å². The van der Waals surface area contributed by atoms with Gasteiger partial charge >= 0.3 is 11.9 Å². The highest BCUT2D eigenvalue weighted by Crippen LogP contribution is 2.38. The molecule has 56 heavy (non-hydrogen) atoms. The summed E-state index contributed by atoms with van der Waals surface area (Å²) in [5.74, 6) is -0.916. The zero-order valence-corrected chi connectivity index (χ0v) is 37.2. The van der Waals surface area contributed by atoms with E-state index in [0.717, 1.165) is 64.2 Å². The molecule has 0 rings (SSSR count). The molecule has 0 spiro atoms. The van der Waals surface area contributed by atoms with Crippen molar-refractivity contribution in [2.24, 2.45) is 0 Å². The number of allylic oxidation sites excluding steroid dienone is 10. The minimum Gasteiger partial charge on any atom is -0.756 e. The van der Waals surface area contributed by atoms with Gasteiger partial charge in [0, 0.05) is 12.8 Å². The van der Waals surface area contributed by atoms with E-state index in [1.54, 1.807) is 0 Å². The van der Waals surface area contributed by atoms with E-state index in [1.165, 1.54) is 64.2 Å². The average molecular weight is 808 g/mol. The molecule has 0 fully saturated rings. The van der Waals surface area contributed by atoms with Gasteiger partial charge in [0.2, 0.25) is 0 Å². The molecule has 0 radical (unpaired) electrons. The Labute approximate surface area is 343 Å². The fourth-order valence-corrected chi connectivity index (χ4v) is 6.25. The number of hydrogen-bond donors (Lipinski definition) is 0. The first-order valence-corrected chi connectivity index (χ1v) is 23.5. The number of carbonyl (C=O) groups excluding carboxylic acids is 2. The maximum absolute atomic E-state index is 12.7. The van der Waals surface area contributed by atoms with Gasteiger partial charge in [0.05, 0.1) is 27.7 Å². The molecule has 1 unspecified atom stereocenters. The van der Waals surface area contributed by atoms with Gasteiger partial charge in [-0.1, -0.05) is 139 Å². The van der Waals surface area contributed by atoms with Gasteiger partial charge in [-0.15, -0.1) is 0 Å². The number of esters is 2. The standard InChI is InChI=1S/C46H82NO8P/c1-6-8-10-12-14-16-18-20-22-23-25-26-28-30-32-34-36-38-45(48)52-42-44(43-54-56(50,51)53-41-40-47(3,4)5)55-46(49)39-37-35-33-31-29-27-24-21-19-17-15-13-11-9-7-2/h15,17,20-22,24-26,30,32,44H,6-14,16,18-19,23,27-29,31,33-43H2,1-5H3/b17-15-,22-20-,24-21-,26-25-,32-30-/t44-/m1/s1. The van der Waals surface area contributed by atoms with Crippen molar-refractivity contribution in [3.05, 3.63) is 60.8 Å². The molecule has 2 atom stereocenters. The lowest BCUT2D eigenvalue weighted by atomic mass is 10.1. The second kappa shape index (κ2) is 38.2. The van der Waals surface area contributed by atoms with Gasteiger partial charge in [0.15, 0.2) is 6.10 Å². The summed E-state index contributed by atoms with van der Waals surface area (Å²) in [6, 6.07) is 0. The molecule has 0 N–H and O–H groups in total. The highest BCUT2D eigenvalue weighted by molar-refractivity contribution is 7.45. The summed E-state index contributed by atoms with van der Waals surface area (Å²) in [6.45, 7) is 4.10. The molecule has 0 amide bonds. The van der Waals surface area contributed by atoms with Crippen molar-refractivity contribution < 1.29 is 42.1 Å².